The molecule has 5 nitrogen and oxygen atoms in total. The molecule has 25 heavy (non-hydrogen) atoms. The summed E-state index contributed by atoms with van der Waals surface area (Å²) >= 11 is 1.50. The molecule has 1 aliphatic rings. The van der Waals surface area contributed by atoms with Crippen LogP contribution in [0.25, 0.3) is 16.5 Å². The highest BCUT2D eigenvalue weighted by Gasteiger charge is 2.21. The van der Waals surface area contributed by atoms with E-state index in [1.165, 1.54) is 11.3 Å². The van der Waals surface area contributed by atoms with Crippen molar-refractivity contribution in [2.45, 2.75) is 6.42 Å². The number of allylic oxidation sites excluding steroid dienone is 1. The predicted octanol–water partition coefficient (Wildman–Crippen LogP) is 3.88. The zero-order chi connectivity index (χ0) is 17.4. The summed E-state index contributed by atoms with van der Waals surface area (Å²) < 4.78 is 12.8. The molecular formula is C19H16N2O3S. The van der Waals surface area contributed by atoms with E-state index < -0.39 is 0 Å². The Kier molecular flexibility index (Phi) is 3.89. The Hall–Kier alpha value is -2.86. The van der Waals surface area contributed by atoms with Crippen molar-refractivity contribution in [3.05, 3.63) is 63.5 Å². The lowest BCUT2D eigenvalue weighted by molar-refractivity contribution is 0.412. The van der Waals surface area contributed by atoms with Gasteiger partial charge in [-0.3, -0.25) is 4.79 Å². The highest BCUT2D eigenvalue weighted by Crippen LogP contribution is 2.39. The van der Waals surface area contributed by atoms with Crippen LogP contribution in [0.3, 0.4) is 0 Å². The monoisotopic (exact) mass is 352 g/mol. The number of aromatic nitrogens is 2. The van der Waals surface area contributed by atoms with Crippen molar-refractivity contribution in [1.82, 2.24) is 9.55 Å². The van der Waals surface area contributed by atoms with Gasteiger partial charge in [0, 0.05) is 24.4 Å². The van der Waals surface area contributed by atoms with E-state index in [1.807, 2.05) is 42.6 Å². The fourth-order valence-electron chi connectivity index (χ4n) is 2.92. The summed E-state index contributed by atoms with van der Waals surface area (Å²) in [6.45, 7) is 0. The lowest BCUT2D eigenvalue weighted by Gasteiger charge is -2.11. The number of fused-ring (bicyclic) bond motifs is 1. The largest absolute Gasteiger partial charge is 0.497 e. The van der Waals surface area contributed by atoms with Gasteiger partial charge in [0.2, 0.25) is 5.88 Å². The third-order valence-electron chi connectivity index (χ3n) is 4.18. The maximum Gasteiger partial charge on any atom is 0.254 e. The highest BCUT2D eigenvalue weighted by atomic mass is 32.1. The minimum atomic E-state index is 0.0471. The van der Waals surface area contributed by atoms with Crippen molar-refractivity contribution in [2.75, 3.05) is 7.11 Å². The highest BCUT2D eigenvalue weighted by molar-refractivity contribution is 7.13. The first-order valence-electron chi connectivity index (χ1n) is 7.82. The molecule has 0 unspecified atom stereocenters. The van der Waals surface area contributed by atoms with Crippen molar-refractivity contribution < 1.29 is 9.47 Å². The van der Waals surface area contributed by atoms with Crippen LogP contribution in [-0.2, 0) is 13.5 Å². The van der Waals surface area contributed by atoms with Crippen molar-refractivity contribution in [1.29, 1.82) is 0 Å². The standard InChI is InChI=1S/C19H16N2O3S/c1-21-10-16(14-4-3-5-15(14)19(21)22)17-18(20-11-25-17)24-13-8-6-12(23-2)7-9-13/h3-4,6-11H,5H2,1-2H3. The van der Waals surface area contributed by atoms with Gasteiger partial charge in [-0.15, -0.1) is 11.3 Å². The van der Waals surface area contributed by atoms with Gasteiger partial charge >= 0.3 is 0 Å². The Labute approximate surface area is 148 Å². The van der Waals surface area contributed by atoms with Gasteiger partial charge in [0.25, 0.3) is 5.56 Å². The molecule has 0 bridgehead atoms. The molecule has 6 heteroatoms. The average molecular weight is 352 g/mol. The summed E-state index contributed by atoms with van der Waals surface area (Å²) in [6, 6.07) is 7.36. The Balaban J connectivity index is 1.75. The number of pyridine rings is 1. The molecule has 0 atom stereocenters. The minimum Gasteiger partial charge on any atom is -0.497 e. The zero-order valence-corrected chi connectivity index (χ0v) is 14.7. The maximum atomic E-state index is 12.3. The fraction of sp³-hybridized carbons (Fsp3) is 0.158. The molecule has 0 saturated carbocycles. The number of thiazole rings is 1. The van der Waals surface area contributed by atoms with E-state index in [1.54, 1.807) is 24.2 Å². The average Bonchev–Trinajstić information content (AvgIpc) is 3.28. The first kappa shape index (κ1) is 15.7. The molecule has 1 aromatic carbocycles. The lowest BCUT2D eigenvalue weighted by atomic mass is 10.1. The van der Waals surface area contributed by atoms with Crippen molar-refractivity contribution in [3.63, 3.8) is 0 Å². The Morgan fingerprint density at radius 1 is 1.20 bits per heavy atom. The second kappa shape index (κ2) is 6.22. The number of benzene rings is 1. The van der Waals surface area contributed by atoms with Gasteiger partial charge in [0.15, 0.2) is 0 Å². The third-order valence-corrected chi connectivity index (χ3v) is 5.02. The molecule has 0 N–H and O–H groups in total. The predicted molar refractivity (Wildman–Crippen MR) is 98.6 cm³/mol. The number of aryl methyl sites for hydroxylation is 1. The first-order chi connectivity index (χ1) is 12.2. The number of hydrogen-bond acceptors (Lipinski definition) is 5. The van der Waals surface area contributed by atoms with Crippen LogP contribution in [-0.4, -0.2) is 16.7 Å². The fourth-order valence-corrected chi connectivity index (χ4v) is 3.66. The van der Waals surface area contributed by atoms with E-state index in [9.17, 15) is 4.79 Å². The smallest absolute Gasteiger partial charge is 0.254 e. The summed E-state index contributed by atoms with van der Waals surface area (Å²) in [5, 5.41) is 0. The number of methoxy groups -OCH3 is 1. The molecule has 0 spiro atoms. The van der Waals surface area contributed by atoms with Crippen LogP contribution in [0.15, 0.2) is 46.8 Å². The molecule has 0 fully saturated rings. The summed E-state index contributed by atoms with van der Waals surface area (Å²) in [6.07, 6.45) is 6.54. The van der Waals surface area contributed by atoms with Gasteiger partial charge in [-0.25, -0.2) is 4.98 Å². The van der Waals surface area contributed by atoms with Crippen molar-refractivity contribution >= 4 is 17.4 Å². The molecule has 1 aliphatic carbocycles. The molecule has 3 aromatic rings. The van der Waals surface area contributed by atoms with E-state index >= 15 is 0 Å². The molecule has 0 amide bonds. The molecule has 0 radical (unpaired) electrons. The second-order valence-corrected chi connectivity index (χ2v) is 6.58. The number of hydrogen-bond donors (Lipinski definition) is 0. The number of ether oxygens (including phenoxy) is 2. The summed E-state index contributed by atoms with van der Waals surface area (Å²) in [4.78, 5) is 17.6. The molecular weight excluding hydrogens is 336 g/mol. The summed E-state index contributed by atoms with van der Waals surface area (Å²) in [7, 11) is 3.40. The van der Waals surface area contributed by atoms with Crippen LogP contribution < -0.4 is 15.0 Å². The SMILES string of the molecule is COc1ccc(Oc2ncsc2-c2cn(C)c(=O)c3c2C=CC3)cc1. The van der Waals surface area contributed by atoms with Gasteiger partial charge in [-0.2, -0.15) is 0 Å². The van der Waals surface area contributed by atoms with Crippen molar-refractivity contribution in [2.24, 2.45) is 7.05 Å². The van der Waals surface area contributed by atoms with Crippen LogP contribution in [0.4, 0.5) is 0 Å². The first-order valence-corrected chi connectivity index (χ1v) is 8.70. The van der Waals surface area contributed by atoms with Gasteiger partial charge in [0.1, 0.15) is 16.4 Å². The van der Waals surface area contributed by atoms with Gasteiger partial charge in [0.05, 0.1) is 12.6 Å². The third kappa shape index (κ3) is 2.74. The number of rotatable bonds is 4. The Morgan fingerprint density at radius 3 is 2.72 bits per heavy atom. The van der Waals surface area contributed by atoms with E-state index in [2.05, 4.69) is 4.98 Å². The lowest BCUT2D eigenvalue weighted by Crippen LogP contribution is -2.21. The van der Waals surface area contributed by atoms with Crippen LogP contribution in [0.1, 0.15) is 11.1 Å². The van der Waals surface area contributed by atoms with E-state index in [-0.39, 0.29) is 5.56 Å². The topological polar surface area (TPSA) is 53.4 Å². The number of nitrogens with zero attached hydrogens (tertiary/aromatic N) is 2. The second-order valence-electron chi connectivity index (χ2n) is 5.72. The van der Waals surface area contributed by atoms with Gasteiger partial charge < -0.3 is 14.0 Å². The quantitative estimate of drug-likeness (QED) is 0.715. The normalized spacial score (nSPS) is 12.2. The molecule has 4 rings (SSSR count). The van der Waals surface area contributed by atoms with Crippen molar-refractivity contribution in [3.8, 4) is 27.8 Å². The molecule has 2 heterocycles. The van der Waals surface area contributed by atoms with E-state index in [4.69, 9.17) is 9.47 Å². The molecule has 2 aromatic heterocycles. The zero-order valence-electron chi connectivity index (χ0n) is 13.9. The maximum absolute atomic E-state index is 12.3. The Bertz CT molecular complexity index is 1020. The van der Waals surface area contributed by atoms with Gasteiger partial charge in [-0.1, -0.05) is 12.2 Å². The summed E-state index contributed by atoms with van der Waals surface area (Å²) in [5.74, 6) is 1.99. The van der Waals surface area contributed by atoms with E-state index in [0.29, 0.717) is 18.1 Å². The Morgan fingerprint density at radius 2 is 1.96 bits per heavy atom. The molecule has 0 aliphatic heterocycles. The van der Waals surface area contributed by atoms with Crippen LogP contribution >= 0.6 is 11.3 Å². The molecule has 0 saturated heterocycles. The minimum absolute atomic E-state index is 0.0471. The molecule has 126 valence electrons. The van der Waals surface area contributed by atoms with Crippen LogP contribution in [0.5, 0.6) is 17.4 Å². The van der Waals surface area contributed by atoms with Crippen LogP contribution in [0, 0.1) is 0 Å². The van der Waals surface area contributed by atoms with Crippen LogP contribution in [0.2, 0.25) is 0 Å². The van der Waals surface area contributed by atoms with E-state index in [0.717, 1.165) is 27.3 Å². The summed E-state index contributed by atoms with van der Waals surface area (Å²) in [5.41, 5.74) is 4.56. The van der Waals surface area contributed by atoms with Gasteiger partial charge in [-0.05, 0) is 36.2 Å².